The summed E-state index contributed by atoms with van der Waals surface area (Å²) in [7, 11) is 3.28. The number of halogens is 1. The van der Waals surface area contributed by atoms with Crippen molar-refractivity contribution < 1.29 is 9.47 Å². The minimum Gasteiger partial charge on any atom is -0.493 e. The fourth-order valence-electron chi connectivity index (χ4n) is 3.33. The lowest BCUT2D eigenvalue weighted by Gasteiger charge is -2.22. The molecule has 122 valence electrons. The molecule has 3 nitrogen and oxygen atoms in total. The number of hydrogen-bond acceptors (Lipinski definition) is 3. The van der Waals surface area contributed by atoms with Crippen LogP contribution in [0.15, 0.2) is 30.3 Å². The molecular formula is C19H22ClNO2. The maximum atomic E-state index is 6.63. The van der Waals surface area contributed by atoms with Gasteiger partial charge >= 0.3 is 0 Å². The zero-order valence-electron chi connectivity index (χ0n) is 13.8. The van der Waals surface area contributed by atoms with Crippen LogP contribution in [0.5, 0.6) is 11.5 Å². The van der Waals surface area contributed by atoms with Crippen LogP contribution in [0.2, 0.25) is 5.02 Å². The Kier molecular flexibility index (Phi) is 4.79. The van der Waals surface area contributed by atoms with E-state index in [9.17, 15) is 0 Å². The van der Waals surface area contributed by atoms with Crippen molar-refractivity contribution in [3.8, 4) is 11.5 Å². The maximum Gasteiger partial charge on any atom is 0.179 e. The van der Waals surface area contributed by atoms with Crippen molar-refractivity contribution in [1.29, 1.82) is 0 Å². The summed E-state index contributed by atoms with van der Waals surface area (Å²) >= 11 is 6.63. The monoisotopic (exact) mass is 331 g/mol. The molecule has 4 heteroatoms. The maximum absolute atomic E-state index is 6.63. The van der Waals surface area contributed by atoms with E-state index in [-0.39, 0.29) is 5.92 Å². The van der Waals surface area contributed by atoms with E-state index in [0.717, 1.165) is 25.1 Å². The third-order valence-electron chi connectivity index (χ3n) is 4.47. The number of nitrogens with one attached hydrogen (secondary N) is 1. The molecular weight excluding hydrogens is 310 g/mol. The van der Waals surface area contributed by atoms with E-state index in [4.69, 9.17) is 21.1 Å². The Labute approximate surface area is 142 Å². The summed E-state index contributed by atoms with van der Waals surface area (Å²) in [5, 5.41) is 4.19. The molecule has 0 aromatic heterocycles. The van der Waals surface area contributed by atoms with Gasteiger partial charge in [0.2, 0.25) is 0 Å². The molecule has 1 N–H and O–H groups in total. The molecule has 1 atom stereocenters. The van der Waals surface area contributed by atoms with Crippen molar-refractivity contribution in [1.82, 2.24) is 5.32 Å². The van der Waals surface area contributed by atoms with Crippen LogP contribution >= 0.6 is 11.6 Å². The highest BCUT2D eigenvalue weighted by Crippen LogP contribution is 2.43. The third kappa shape index (κ3) is 3.04. The highest BCUT2D eigenvalue weighted by Gasteiger charge is 2.26. The summed E-state index contributed by atoms with van der Waals surface area (Å²) in [6.07, 6.45) is 0.886. The van der Waals surface area contributed by atoms with Crippen LogP contribution < -0.4 is 14.8 Å². The van der Waals surface area contributed by atoms with Crippen LogP contribution in [0.1, 0.15) is 28.2 Å². The molecule has 0 amide bonds. The van der Waals surface area contributed by atoms with Gasteiger partial charge in [0.25, 0.3) is 0 Å². The van der Waals surface area contributed by atoms with Gasteiger partial charge in [-0.2, -0.15) is 0 Å². The van der Waals surface area contributed by atoms with Crippen LogP contribution in [0, 0.1) is 6.92 Å². The summed E-state index contributed by atoms with van der Waals surface area (Å²) < 4.78 is 11.0. The molecule has 0 spiro atoms. The molecule has 0 saturated carbocycles. The van der Waals surface area contributed by atoms with Crippen molar-refractivity contribution in [2.24, 2.45) is 0 Å². The largest absolute Gasteiger partial charge is 0.493 e. The Bertz CT molecular complexity index is 715. The van der Waals surface area contributed by atoms with E-state index >= 15 is 0 Å². The highest BCUT2D eigenvalue weighted by atomic mass is 35.5. The summed E-state index contributed by atoms with van der Waals surface area (Å²) in [5.41, 5.74) is 4.94. The molecule has 3 rings (SSSR count). The molecule has 0 bridgehead atoms. The van der Waals surface area contributed by atoms with Gasteiger partial charge in [-0.3, -0.25) is 0 Å². The van der Waals surface area contributed by atoms with Gasteiger partial charge in [-0.05, 0) is 42.6 Å². The lowest BCUT2D eigenvalue weighted by atomic mass is 9.87. The van der Waals surface area contributed by atoms with Crippen LogP contribution in [-0.2, 0) is 6.42 Å². The smallest absolute Gasteiger partial charge is 0.179 e. The second-order valence-corrected chi connectivity index (χ2v) is 6.29. The Morgan fingerprint density at radius 2 is 2.00 bits per heavy atom. The fourth-order valence-corrected chi connectivity index (χ4v) is 3.70. The summed E-state index contributed by atoms with van der Waals surface area (Å²) in [6, 6.07) is 10.7. The minimum absolute atomic E-state index is 0.254. The zero-order valence-corrected chi connectivity index (χ0v) is 14.5. The van der Waals surface area contributed by atoms with E-state index in [2.05, 4.69) is 42.6 Å². The molecule has 2 aromatic rings. The minimum atomic E-state index is 0.254. The molecule has 1 heterocycles. The van der Waals surface area contributed by atoms with Crippen molar-refractivity contribution in [2.75, 3.05) is 27.3 Å². The van der Waals surface area contributed by atoms with Crippen molar-refractivity contribution in [3.05, 3.63) is 57.6 Å². The predicted molar refractivity (Wildman–Crippen MR) is 94.2 cm³/mol. The van der Waals surface area contributed by atoms with Crippen LogP contribution in [0.25, 0.3) is 0 Å². The predicted octanol–water partition coefficient (Wildman–Crippen LogP) is 3.94. The Hall–Kier alpha value is -1.71. The van der Waals surface area contributed by atoms with E-state index in [1.807, 2.05) is 0 Å². The summed E-state index contributed by atoms with van der Waals surface area (Å²) in [6.45, 7) is 3.92. The number of rotatable bonds is 3. The van der Waals surface area contributed by atoms with Crippen LogP contribution in [0.4, 0.5) is 0 Å². The Balaban J connectivity index is 2.18. The molecule has 1 unspecified atom stereocenters. The normalized spacial score (nSPS) is 17.3. The van der Waals surface area contributed by atoms with Gasteiger partial charge in [-0.1, -0.05) is 41.4 Å². The third-order valence-corrected chi connectivity index (χ3v) is 4.87. The van der Waals surface area contributed by atoms with Gasteiger partial charge in [0.15, 0.2) is 11.5 Å². The molecule has 1 aliphatic heterocycles. The van der Waals surface area contributed by atoms with Crippen molar-refractivity contribution in [2.45, 2.75) is 19.3 Å². The van der Waals surface area contributed by atoms with Crippen molar-refractivity contribution in [3.63, 3.8) is 0 Å². The second-order valence-electron chi connectivity index (χ2n) is 5.91. The topological polar surface area (TPSA) is 30.5 Å². The SMILES string of the molecule is COc1cc2c(c(Cl)c1OC)CCNCC2c1cccc(C)c1. The number of aryl methyl sites for hydroxylation is 1. The first-order chi connectivity index (χ1) is 11.2. The molecule has 2 aromatic carbocycles. The average Bonchev–Trinajstić information content (AvgIpc) is 2.77. The molecule has 23 heavy (non-hydrogen) atoms. The second kappa shape index (κ2) is 6.81. The molecule has 1 aliphatic rings. The molecule has 0 radical (unpaired) electrons. The highest BCUT2D eigenvalue weighted by molar-refractivity contribution is 6.33. The van der Waals surface area contributed by atoms with Gasteiger partial charge in [-0.15, -0.1) is 0 Å². The zero-order chi connectivity index (χ0) is 16.4. The summed E-state index contributed by atoms with van der Waals surface area (Å²) in [5.74, 6) is 1.57. The quantitative estimate of drug-likeness (QED) is 0.924. The Morgan fingerprint density at radius 3 is 2.70 bits per heavy atom. The molecule has 0 aliphatic carbocycles. The molecule has 0 saturated heterocycles. The van der Waals surface area contributed by atoms with Gasteiger partial charge in [0, 0.05) is 12.5 Å². The average molecular weight is 332 g/mol. The lowest BCUT2D eigenvalue weighted by molar-refractivity contribution is 0.354. The van der Waals surface area contributed by atoms with Gasteiger partial charge in [0.1, 0.15) is 0 Å². The van der Waals surface area contributed by atoms with E-state index in [1.54, 1.807) is 14.2 Å². The number of hydrogen-bond donors (Lipinski definition) is 1. The number of fused-ring (bicyclic) bond motifs is 1. The van der Waals surface area contributed by atoms with Crippen molar-refractivity contribution >= 4 is 11.6 Å². The van der Waals surface area contributed by atoms with E-state index in [0.29, 0.717) is 16.5 Å². The number of benzene rings is 2. The van der Waals surface area contributed by atoms with E-state index < -0.39 is 0 Å². The van der Waals surface area contributed by atoms with Gasteiger partial charge in [-0.25, -0.2) is 0 Å². The lowest BCUT2D eigenvalue weighted by Crippen LogP contribution is -2.20. The first-order valence-corrected chi connectivity index (χ1v) is 8.24. The molecule has 0 fully saturated rings. The van der Waals surface area contributed by atoms with E-state index in [1.165, 1.54) is 16.7 Å². The standard InChI is InChI=1S/C19H22ClNO2/c1-12-5-4-6-13(9-12)16-11-21-8-7-14-15(16)10-17(22-2)19(23-3)18(14)20/h4-6,9-10,16,21H,7-8,11H2,1-3H3. The first kappa shape index (κ1) is 16.2. The number of ether oxygens (including phenoxy) is 2. The first-order valence-electron chi connectivity index (χ1n) is 7.86. The van der Waals surface area contributed by atoms with Gasteiger partial charge < -0.3 is 14.8 Å². The Morgan fingerprint density at radius 1 is 1.17 bits per heavy atom. The fraction of sp³-hybridized carbons (Fsp3) is 0.368. The van der Waals surface area contributed by atoms with Gasteiger partial charge in [0.05, 0.1) is 19.2 Å². The van der Waals surface area contributed by atoms with Crippen LogP contribution in [-0.4, -0.2) is 27.3 Å². The van der Waals surface area contributed by atoms with Crippen LogP contribution in [0.3, 0.4) is 0 Å². The summed E-state index contributed by atoms with van der Waals surface area (Å²) in [4.78, 5) is 0. The number of methoxy groups -OCH3 is 2.